The summed E-state index contributed by atoms with van der Waals surface area (Å²) in [5.74, 6) is -1.72. The molecule has 2 aromatic heterocycles. The van der Waals surface area contributed by atoms with Gasteiger partial charge in [-0.1, -0.05) is 0 Å². The number of aromatic nitrogens is 4. The van der Waals surface area contributed by atoms with Gasteiger partial charge in [0, 0.05) is 0 Å². The summed E-state index contributed by atoms with van der Waals surface area (Å²) in [5.41, 5.74) is 5.31. The van der Waals surface area contributed by atoms with E-state index in [1.54, 1.807) is 26.0 Å². The Labute approximate surface area is 302 Å². The second kappa shape index (κ2) is 14.6. The highest BCUT2D eigenvalue weighted by atomic mass is 31.3. The molecule has 0 spiro atoms. The van der Waals surface area contributed by atoms with Crippen molar-refractivity contribution < 1.29 is 77.2 Å². The summed E-state index contributed by atoms with van der Waals surface area (Å²) >= 11 is 0. The molecule has 1 fully saturated rings. The van der Waals surface area contributed by atoms with Gasteiger partial charge in [0.25, 0.3) is 11.6 Å². The summed E-state index contributed by atoms with van der Waals surface area (Å²) in [5, 5.41) is 68.7. The standard InChI is InChI=1S/C27H35N9O16P2/c1-10-3-12-13(4-11(10)2)35(24-27(44,34-12)25(42)33-26(43)32-24)5-14(37)18(39)15(38)6-49-53(45,46)52-54(47,48)50-7-16-19(40)20(41)23(51-16)36-9-31-17-21(28)29-8-30-22(17)36/h3-4,8-9,14-16,18-20,23,34,37-41,44H,5-7H2,1-2H3,(H,45,46)(H,47,48)(H2,28,29,30)(H,33,42,43)/t14-,15+,16+,18-,19+,20+,23+,27-/m0/s1. The second-order valence-electron chi connectivity index (χ2n) is 12.5. The highest BCUT2D eigenvalue weighted by Crippen LogP contribution is 2.60. The number of fused-ring (bicyclic) bond motifs is 3. The number of nitrogens with one attached hydrogen (secondary N) is 2. The van der Waals surface area contributed by atoms with Crippen molar-refractivity contribution in [2.24, 2.45) is 4.99 Å². The van der Waals surface area contributed by atoms with Gasteiger partial charge < -0.3 is 61.1 Å². The number of anilines is 3. The molecule has 3 aromatic rings. The average Bonchev–Trinajstić information content (AvgIpc) is 3.64. The van der Waals surface area contributed by atoms with Crippen molar-refractivity contribution in [1.29, 1.82) is 0 Å². The molecule has 54 heavy (non-hydrogen) atoms. The van der Waals surface area contributed by atoms with Crippen LogP contribution in [-0.4, -0.2) is 140 Å². The van der Waals surface area contributed by atoms with E-state index in [1.807, 2.05) is 5.32 Å². The molecule has 0 saturated carbocycles. The minimum Gasteiger partial charge on any atom is -0.388 e. The van der Waals surface area contributed by atoms with Gasteiger partial charge in [-0.05, 0) is 37.1 Å². The normalized spacial score (nSPS) is 27.9. The largest absolute Gasteiger partial charge is 0.481 e. The molecular formula is C27H35N9O16P2. The molecular weight excluding hydrogens is 768 g/mol. The number of hydrogen-bond donors (Lipinski definition) is 11. The first-order valence-electron chi connectivity index (χ1n) is 15.7. The molecule has 294 valence electrons. The maximum atomic E-state index is 12.6. The Balaban J connectivity index is 1.06. The summed E-state index contributed by atoms with van der Waals surface area (Å²) in [6.07, 6.45) is -10.2. The smallest absolute Gasteiger partial charge is 0.388 e. The maximum Gasteiger partial charge on any atom is 0.481 e. The van der Waals surface area contributed by atoms with Gasteiger partial charge in [0.15, 0.2) is 23.5 Å². The summed E-state index contributed by atoms with van der Waals surface area (Å²) in [4.78, 5) is 61.5. The lowest BCUT2D eigenvalue weighted by molar-refractivity contribution is -0.131. The summed E-state index contributed by atoms with van der Waals surface area (Å²) in [6, 6.07) is 2.02. The molecule has 12 N–H and O–H groups in total. The predicted molar refractivity (Wildman–Crippen MR) is 179 cm³/mol. The van der Waals surface area contributed by atoms with Gasteiger partial charge in [-0.2, -0.15) is 9.30 Å². The third-order valence-corrected chi connectivity index (χ3v) is 11.3. The number of amides is 3. The van der Waals surface area contributed by atoms with Crippen LogP contribution in [0.2, 0.25) is 0 Å². The van der Waals surface area contributed by atoms with E-state index in [0.717, 1.165) is 16.8 Å². The summed E-state index contributed by atoms with van der Waals surface area (Å²) in [6.45, 7) is 0.513. The number of urea groups is 1. The number of benzene rings is 1. The third-order valence-electron chi connectivity index (χ3n) is 8.73. The highest BCUT2D eigenvalue weighted by Gasteiger charge is 2.53. The minimum atomic E-state index is -5.58. The van der Waals surface area contributed by atoms with E-state index < -0.39 is 102 Å². The number of imide groups is 1. The molecule has 1 aromatic carbocycles. The predicted octanol–water partition coefficient (Wildman–Crippen LogP) is -2.75. The number of phosphoric ester groups is 2. The Morgan fingerprint density at radius 3 is 2.43 bits per heavy atom. The molecule has 5 heterocycles. The Kier molecular flexibility index (Phi) is 10.7. The molecule has 27 heteroatoms. The Bertz CT molecular complexity index is 2100. The average molecular weight is 804 g/mol. The van der Waals surface area contributed by atoms with E-state index in [2.05, 4.69) is 34.1 Å². The number of amidine groups is 1. The monoisotopic (exact) mass is 803 g/mol. The van der Waals surface area contributed by atoms with Crippen molar-refractivity contribution in [3.63, 3.8) is 0 Å². The van der Waals surface area contributed by atoms with Gasteiger partial charge in [0.1, 0.15) is 48.5 Å². The molecule has 0 radical (unpaired) electrons. The lowest BCUT2D eigenvalue weighted by Gasteiger charge is -2.44. The number of phosphoric acid groups is 2. The van der Waals surface area contributed by atoms with Gasteiger partial charge in [0.05, 0.1) is 37.5 Å². The van der Waals surface area contributed by atoms with Crippen molar-refractivity contribution >= 4 is 61.8 Å². The molecule has 1 saturated heterocycles. The van der Waals surface area contributed by atoms with Crippen molar-refractivity contribution in [3.05, 3.63) is 35.9 Å². The van der Waals surface area contributed by atoms with Gasteiger partial charge >= 0.3 is 21.7 Å². The van der Waals surface area contributed by atoms with Gasteiger partial charge in [0.2, 0.25) is 0 Å². The molecule has 10 atom stereocenters. The number of nitrogens with two attached hydrogens (primary N) is 1. The number of aliphatic hydroxyl groups excluding tert-OH is 5. The van der Waals surface area contributed by atoms with E-state index in [-0.39, 0.29) is 28.4 Å². The number of aliphatic imine (C=N–C) groups is 1. The fourth-order valence-corrected chi connectivity index (χ4v) is 7.90. The number of nitrogen functional groups attached to an aromatic ring is 1. The Morgan fingerprint density at radius 2 is 1.70 bits per heavy atom. The summed E-state index contributed by atoms with van der Waals surface area (Å²) in [7, 11) is -11.1. The second-order valence-corrected chi connectivity index (χ2v) is 15.5. The SMILES string of the molecule is Cc1cc2c(cc1C)N(C[C@H](O)[C@H](O)[C@H](O)COP(=O)(O)OP(=O)(O)OC[C@H]1O[C@@H](n3cnc4c(N)ncnc43)[C@H](O)[C@@H]1O)C1=NC(=O)NC(=O)[C@]1(O)N2. The zero-order chi connectivity index (χ0) is 39.5. The Morgan fingerprint density at radius 1 is 1.02 bits per heavy atom. The number of hydrogen-bond acceptors (Lipinski definition) is 20. The first kappa shape index (κ1) is 39.6. The topological polar surface area (TPSA) is 376 Å². The number of β-amino-alcohol motifs (C(OH)–C–C–N with tert-alkyl or cyclic N) is 1. The molecule has 25 nitrogen and oxygen atoms in total. The fourth-order valence-electron chi connectivity index (χ4n) is 5.80. The van der Waals surface area contributed by atoms with Gasteiger partial charge in [-0.15, -0.1) is 0 Å². The molecule has 0 bridgehead atoms. The summed E-state index contributed by atoms with van der Waals surface area (Å²) < 4.78 is 45.3. The fraction of sp³-hybridized carbons (Fsp3) is 0.481. The van der Waals surface area contributed by atoms with Crippen LogP contribution in [0, 0.1) is 13.8 Å². The molecule has 0 aliphatic carbocycles. The zero-order valence-corrected chi connectivity index (χ0v) is 29.8. The number of aliphatic hydroxyl groups is 6. The molecule has 3 amide bonds. The minimum absolute atomic E-state index is 0.0224. The van der Waals surface area contributed by atoms with Crippen molar-refractivity contribution in [2.45, 2.75) is 62.4 Å². The number of ether oxygens (including phenoxy) is 1. The maximum absolute atomic E-state index is 12.6. The van der Waals surface area contributed by atoms with Crippen molar-refractivity contribution in [1.82, 2.24) is 24.8 Å². The van der Waals surface area contributed by atoms with Crippen molar-refractivity contribution in [3.8, 4) is 0 Å². The van der Waals surface area contributed by atoms with E-state index >= 15 is 0 Å². The van der Waals surface area contributed by atoms with E-state index in [1.165, 1.54) is 10.9 Å². The lowest BCUT2D eigenvalue weighted by Crippen LogP contribution is -2.69. The number of nitrogens with zero attached hydrogens (tertiary/aromatic N) is 6. The number of carbonyl (C=O) groups is 2. The quantitative estimate of drug-likeness (QED) is 0.0780. The van der Waals surface area contributed by atoms with Crippen LogP contribution in [0.4, 0.5) is 22.0 Å². The van der Waals surface area contributed by atoms with Crippen LogP contribution in [0.15, 0.2) is 29.8 Å². The van der Waals surface area contributed by atoms with Gasteiger partial charge in [-0.25, -0.2) is 28.9 Å². The van der Waals surface area contributed by atoms with Crippen LogP contribution in [-0.2, 0) is 32.0 Å². The van der Waals surface area contributed by atoms with Gasteiger partial charge in [-0.3, -0.25) is 23.7 Å². The van der Waals surface area contributed by atoms with Crippen LogP contribution in [0.25, 0.3) is 11.2 Å². The number of aryl methyl sites for hydroxylation is 2. The van der Waals surface area contributed by atoms with Crippen LogP contribution < -0.4 is 21.3 Å². The van der Waals surface area contributed by atoms with Crippen LogP contribution in [0.1, 0.15) is 17.4 Å². The van der Waals surface area contributed by atoms with E-state index in [0.29, 0.717) is 5.56 Å². The molecule has 6 rings (SSSR count). The van der Waals surface area contributed by atoms with E-state index in [4.69, 9.17) is 15.0 Å². The molecule has 3 aliphatic heterocycles. The van der Waals surface area contributed by atoms with Crippen LogP contribution in [0.3, 0.4) is 0 Å². The first-order chi connectivity index (χ1) is 25.2. The van der Waals surface area contributed by atoms with E-state index in [9.17, 15) is 59.1 Å². The number of carbonyl (C=O) groups excluding carboxylic acids is 2. The molecule has 2 unspecified atom stereocenters. The van der Waals surface area contributed by atoms with Crippen molar-refractivity contribution in [2.75, 3.05) is 35.7 Å². The number of rotatable bonds is 13. The lowest BCUT2D eigenvalue weighted by atomic mass is 9.98. The van der Waals surface area contributed by atoms with Crippen LogP contribution >= 0.6 is 15.6 Å². The Hall–Kier alpha value is -4.04. The zero-order valence-electron chi connectivity index (χ0n) is 28.0. The molecule has 3 aliphatic rings. The first-order valence-corrected chi connectivity index (χ1v) is 18.7. The number of imidazole rings is 1. The highest BCUT2D eigenvalue weighted by molar-refractivity contribution is 7.61. The third kappa shape index (κ3) is 7.60. The van der Waals surface area contributed by atoms with Crippen LogP contribution in [0.5, 0.6) is 0 Å².